The smallest absolute Gasteiger partial charge is 0.0677 e. The number of rotatable bonds is 6. The maximum atomic E-state index is 6.07. The summed E-state index contributed by atoms with van der Waals surface area (Å²) >= 11 is 1.78. The Morgan fingerprint density at radius 3 is 3.33 bits per heavy atom. The van der Waals surface area contributed by atoms with Gasteiger partial charge in [-0.15, -0.1) is 6.58 Å². The van der Waals surface area contributed by atoms with Crippen LogP contribution in [-0.4, -0.2) is 43.9 Å². The van der Waals surface area contributed by atoms with Gasteiger partial charge in [-0.3, -0.25) is 4.90 Å². The zero-order valence-corrected chi connectivity index (χ0v) is 13.4. The van der Waals surface area contributed by atoms with Crippen LogP contribution in [-0.2, 0) is 16.0 Å². The molecule has 0 amide bonds. The van der Waals surface area contributed by atoms with E-state index in [4.69, 9.17) is 9.47 Å². The second-order valence-corrected chi connectivity index (χ2v) is 7.04. The van der Waals surface area contributed by atoms with E-state index in [0.29, 0.717) is 12.7 Å². The Balaban J connectivity index is 1.66. The molecule has 0 aliphatic carbocycles. The third kappa shape index (κ3) is 3.57. The third-order valence-corrected chi connectivity index (χ3v) is 5.41. The summed E-state index contributed by atoms with van der Waals surface area (Å²) in [7, 11) is 0. The maximum absolute atomic E-state index is 6.07. The molecular weight excluding hydrogens is 282 g/mol. The van der Waals surface area contributed by atoms with Crippen LogP contribution in [0.15, 0.2) is 29.5 Å². The Hall–Kier alpha value is -0.680. The minimum atomic E-state index is 0.176. The first-order valence-corrected chi connectivity index (χ1v) is 8.80. The predicted octanol–water partition coefficient (Wildman–Crippen LogP) is 3.32. The number of thiophene rings is 1. The highest BCUT2D eigenvalue weighted by Gasteiger charge is 2.46. The normalized spacial score (nSPS) is 30.0. The van der Waals surface area contributed by atoms with E-state index in [1.807, 2.05) is 6.08 Å². The molecule has 0 N–H and O–H groups in total. The SMILES string of the molecule is C=CCOC[C@@]12CCCO[C@H]1CCN(Cc1ccsc1)C2. The van der Waals surface area contributed by atoms with Crippen LogP contribution < -0.4 is 0 Å². The van der Waals surface area contributed by atoms with Crippen molar-refractivity contribution in [2.45, 2.75) is 31.9 Å². The first-order chi connectivity index (χ1) is 10.3. The summed E-state index contributed by atoms with van der Waals surface area (Å²) in [6, 6.07) is 2.23. The van der Waals surface area contributed by atoms with Crippen molar-refractivity contribution in [3.63, 3.8) is 0 Å². The third-order valence-electron chi connectivity index (χ3n) is 4.68. The molecule has 4 heteroatoms. The number of nitrogens with zero attached hydrogens (tertiary/aromatic N) is 1. The summed E-state index contributed by atoms with van der Waals surface area (Å²) in [5.41, 5.74) is 1.60. The van der Waals surface area contributed by atoms with E-state index in [1.165, 1.54) is 12.0 Å². The number of ether oxygens (including phenoxy) is 2. The van der Waals surface area contributed by atoms with Crippen LogP contribution >= 0.6 is 11.3 Å². The van der Waals surface area contributed by atoms with Gasteiger partial charge in [-0.1, -0.05) is 6.08 Å². The van der Waals surface area contributed by atoms with Gasteiger partial charge in [0.05, 0.1) is 19.3 Å². The molecule has 3 rings (SSSR count). The largest absolute Gasteiger partial charge is 0.377 e. The lowest BCUT2D eigenvalue weighted by Gasteiger charge is -2.50. The fourth-order valence-electron chi connectivity index (χ4n) is 3.71. The fraction of sp³-hybridized carbons (Fsp3) is 0.647. The molecule has 0 radical (unpaired) electrons. The van der Waals surface area contributed by atoms with E-state index in [2.05, 4.69) is 28.3 Å². The van der Waals surface area contributed by atoms with Gasteiger partial charge in [-0.05, 0) is 41.7 Å². The Labute approximate surface area is 131 Å². The van der Waals surface area contributed by atoms with Gasteiger partial charge in [0.1, 0.15) is 0 Å². The van der Waals surface area contributed by atoms with Crippen LogP contribution in [0.25, 0.3) is 0 Å². The summed E-state index contributed by atoms with van der Waals surface area (Å²) in [5, 5.41) is 4.42. The van der Waals surface area contributed by atoms with Gasteiger partial charge in [0.2, 0.25) is 0 Å². The molecule has 2 aliphatic heterocycles. The van der Waals surface area contributed by atoms with Gasteiger partial charge in [0.25, 0.3) is 0 Å². The molecule has 0 spiro atoms. The van der Waals surface area contributed by atoms with E-state index in [1.54, 1.807) is 11.3 Å². The monoisotopic (exact) mass is 307 g/mol. The zero-order valence-electron chi connectivity index (χ0n) is 12.6. The number of hydrogen-bond donors (Lipinski definition) is 0. The van der Waals surface area contributed by atoms with Crippen molar-refractivity contribution >= 4 is 11.3 Å². The molecule has 2 atom stereocenters. The number of likely N-dealkylation sites (tertiary alicyclic amines) is 1. The van der Waals surface area contributed by atoms with Crippen molar-refractivity contribution in [3.05, 3.63) is 35.0 Å². The highest BCUT2D eigenvalue weighted by atomic mass is 32.1. The topological polar surface area (TPSA) is 21.7 Å². The van der Waals surface area contributed by atoms with Gasteiger partial charge in [0.15, 0.2) is 0 Å². The fourth-order valence-corrected chi connectivity index (χ4v) is 4.37. The molecule has 2 saturated heterocycles. The molecule has 0 saturated carbocycles. The van der Waals surface area contributed by atoms with E-state index in [-0.39, 0.29) is 5.41 Å². The Kier molecular flexibility index (Phi) is 5.11. The first-order valence-electron chi connectivity index (χ1n) is 7.86. The van der Waals surface area contributed by atoms with Crippen LogP contribution in [0.1, 0.15) is 24.8 Å². The van der Waals surface area contributed by atoms with Gasteiger partial charge in [-0.2, -0.15) is 11.3 Å². The van der Waals surface area contributed by atoms with Crippen LogP contribution in [0.3, 0.4) is 0 Å². The van der Waals surface area contributed by atoms with Crippen LogP contribution in [0.5, 0.6) is 0 Å². The van der Waals surface area contributed by atoms with Gasteiger partial charge in [0, 0.05) is 31.7 Å². The van der Waals surface area contributed by atoms with Crippen molar-refractivity contribution in [1.29, 1.82) is 0 Å². The Morgan fingerprint density at radius 2 is 2.52 bits per heavy atom. The quantitative estimate of drug-likeness (QED) is 0.594. The molecule has 1 aromatic rings. The van der Waals surface area contributed by atoms with Gasteiger partial charge in [-0.25, -0.2) is 0 Å². The first kappa shape index (κ1) is 15.2. The van der Waals surface area contributed by atoms with Crippen molar-refractivity contribution in [2.75, 3.05) is 32.9 Å². The highest BCUT2D eigenvalue weighted by Crippen LogP contribution is 2.40. The van der Waals surface area contributed by atoms with Crippen molar-refractivity contribution in [2.24, 2.45) is 5.41 Å². The number of piperidine rings is 1. The lowest BCUT2D eigenvalue weighted by molar-refractivity contribution is -0.152. The minimum absolute atomic E-state index is 0.176. The zero-order chi connectivity index (χ0) is 14.5. The lowest BCUT2D eigenvalue weighted by atomic mass is 9.73. The molecule has 0 aromatic carbocycles. The van der Waals surface area contributed by atoms with E-state index >= 15 is 0 Å². The molecule has 0 bridgehead atoms. The maximum Gasteiger partial charge on any atom is 0.0677 e. The predicted molar refractivity (Wildman–Crippen MR) is 86.6 cm³/mol. The Bertz CT molecular complexity index is 448. The van der Waals surface area contributed by atoms with Crippen molar-refractivity contribution in [3.8, 4) is 0 Å². The van der Waals surface area contributed by atoms with Gasteiger partial charge >= 0.3 is 0 Å². The Morgan fingerprint density at radius 1 is 1.57 bits per heavy atom. The molecule has 2 fully saturated rings. The van der Waals surface area contributed by atoms with Crippen LogP contribution in [0.4, 0.5) is 0 Å². The molecule has 1 aromatic heterocycles. The van der Waals surface area contributed by atoms with E-state index < -0.39 is 0 Å². The van der Waals surface area contributed by atoms with Crippen LogP contribution in [0.2, 0.25) is 0 Å². The standard InChI is InChI=1S/C17H25NO2S/c1-2-8-19-14-17-6-3-9-20-16(17)4-7-18(13-17)11-15-5-10-21-12-15/h2,5,10,12,16H,1,3-4,6-9,11,13-14H2/t16-,17-/m0/s1. The minimum Gasteiger partial charge on any atom is -0.377 e. The average Bonchev–Trinajstić information content (AvgIpc) is 3.00. The van der Waals surface area contributed by atoms with Crippen molar-refractivity contribution in [1.82, 2.24) is 4.90 Å². The van der Waals surface area contributed by atoms with Crippen molar-refractivity contribution < 1.29 is 9.47 Å². The summed E-state index contributed by atoms with van der Waals surface area (Å²) < 4.78 is 11.9. The van der Waals surface area contributed by atoms with E-state index in [0.717, 1.165) is 45.7 Å². The van der Waals surface area contributed by atoms with E-state index in [9.17, 15) is 0 Å². The summed E-state index contributed by atoms with van der Waals surface area (Å²) in [6.45, 7) is 9.36. The molecule has 2 aliphatic rings. The number of fused-ring (bicyclic) bond motifs is 1. The molecule has 3 nitrogen and oxygen atoms in total. The molecule has 3 heterocycles. The second kappa shape index (κ2) is 7.05. The summed E-state index contributed by atoms with van der Waals surface area (Å²) in [5.74, 6) is 0. The number of hydrogen-bond acceptors (Lipinski definition) is 4. The lowest BCUT2D eigenvalue weighted by Crippen LogP contribution is -2.56. The molecule has 116 valence electrons. The highest BCUT2D eigenvalue weighted by molar-refractivity contribution is 7.07. The van der Waals surface area contributed by atoms with Crippen LogP contribution in [0, 0.1) is 5.41 Å². The summed E-state index contributed by atoms with van der Waals surface area (Å²) in [6.07, 6.45) is 5.70. The van der Waals surface area contributed by atoms with Gasteiger partial charge < -0.3 is 9.47 Å². The molecule has 21 heavy (non-hydrogen) atoms. The summed E-state index contributed by atoms with van der Waals surface area (Å²) in [4.78, 5) is 2.57. The molecular formula is C17H25NO2S. The second-order valence-electron chi connectivity index (χ2n) is 6.26. The molecule has 0 unspecified atom stereocenters. The average molecular weight is 307 g/mol.